The van der Waals surface area contributed by atoms with E-state index < -0.39 is 12.0 Å². The topological polar surface area (TPSA) is 55.8 Å². The molecule has 3 atom stereocenters. The van der Waals surface area contributed by atoms with Gasteiger partial charge in [0, 0.05) is 16.8 Å². The van der Waals surface area contributed by atoms with E-state index in [-0.39, 0.29) is 17.9 Å². The Morgan fingerprint density at radius 3 is 2.79 bits per heavy atom. The Labute approximate surface area is 166 Å². The van der Waals surface area contributed by atoms with Gasteiger partial charge in [-0.1, -0.05) is 36.4 Å². The van der Waals surface area contributed by atoms with Gasteiger partial charge in [-0.05, 0) is 30.5 Å². The maximum absolute atomic E-state index is 13.4. The fraction of sp³-hybridized carbons (Fsp3) is 0.273. The lowest BCUT2D eigenvalue weighted by Crippen LogP contribution is -2.31. The standard InChI is InChI=1S/C22H19NO4S/c1-2-26-22(25)15-12-23(19-14-8-4-5-9-16(14)27-20(15)19)21(24)18-11-13-7-3-6-10-17(13)28-18/h3-11,15,19-20H,2,12H2,1H3/t15-,19+,20+/m1/s1. The predicted octanol–water partition coefficient (Wildman–Crippen LogP) is 4.04. The maximum atomic E-state index is 13.4. The van der Waals surface area contributed by atoms with Crippen molar-refractivity contribution < 1.29 is 19.1 Å². The second-order valence-corrected chi connectivity index (χ2v) is 8.11. The van der Waals surface area contributed by atoms with Gasteiger partial charge < -0.3 is 14.4 Å². The van der Waals surface area contributed by atoms with E-state index in [0.29, 0.717) is 18.0 Å². The van der Waals surface area contributed by atoms with Gasteiger partial charge in [0.15, 0.2) is 0 Å². The number of thiophene rings is 1. The zero-order valence-electron chi connectivity index (χ0n) is 15.3. The molecule has 1 amide bonds. The first-order valence-electron chi connectivity index (χ1n) is 9.39. The molecule has 142 valence electrons. The summed E-state index contributed by atoms with van der Waals surface area (Å²) in [5, 5.41) is 1.05. The summed E-state index contributed by atoms with van der Waals surface area (Å²) in [6.45, 7) is 2.40. The highest BCUT2D eigenvalue weighted by Gasteiger charge is 2.54. The van der Waals surface area contributed by atoms with Crippen molar-refractivity contribution in [1.82, 2.24) is 4.90 Å². The summed E-state index contributed by atoms with van der Waals surface area (Å²) >= 11 is 1.48. The molecule has 1 saturated heterocycles. The highest BCUT2D eigenvalue weighted by molar-refractivity contribution is 7.20. The molecule has 0 bridgehead atoms. The van der Waals surface area contributed by atoms with Gasteiger partial charge in [0.1, 0.15) is 17.8 Å². The minimum Gasteiger partial charge on any atom is -0.487 e. The Morgan fingerprint density at radius 1 is 1.18 bits per heavy atom. The van der Waals surface area contributed by atoms with E-state index in [1.54, 1.807) is 11.8 Å². The number of likely N-dealkylation sites (tertiary alicyclic amines) is 1. The van der Waals surface area contributed by atoms with Crippen LogP contribution in [-0.4, -0.2) is 36.0 Å². The molecule has 0 unspecified atom stereocenters. The number of hydrogen-bond donors (Lipinski definition) is 0. The van der Waals surface area contributed by atoms with Crippen LogP contribution >= 0.6 is 11.3 Å². The normalized spacial score (nSPS) is 22.6. The van der Waals surface area contributed by atoms with Crippen LogP contribution in [0.25, 0.3) is 10.1 Å². The Morgan fingerprint density at radius 2 is 1.96 bits per heavy atom. The molecule has 0 spiro atoms. The van der Waals surface area contributed by atoms with Gasteiger partial charge in [0.2, 0.25) is 0 Å². The minimum absolute atomic E-state index is 0.0664. The van der Waals surface area contributed by atoms with Crippen LogP contribution in [-0.2, 0) is 9.53 Å². The molecule has 2 aromatic carbocycles. The van der Waals surface area contributed by atoms with Crippen molar-refractivity contribution in [3.8, 4) is 5.75 Å². The molecule has 0 saturated carbocycles. The molecule has 1 aromatic heterocycles. The van der Waals surface area contributed by atoms with Crippen molar-refractivity contribution in [2.45, 2.75) is 19.1 Å². The van der Waals surface area contributed by atoms with Gasteiger partial charge in [-0.3, -0.25) is 9.59 Å². The van der Waals surface area contributed by atoms with Crippen LogP contribution in [0.15, 0.2) is 54.6 Å². The molecule has 3 aromatic rings. The molecule has 0 aliphatic carbocycles. The molecule has 1 fully saturated rings. The minimum atomic E-state index is -0.490. The van der Waals surface area contributed by atoms with Crippen LogP contribution in [0, 0.1) is 5.92 Å². The lowest BCUT2D eigenvalue weighted by atomic mass is 9.99. The van der Waals surface area contributed by atoms with Crippen molar-refractivity contribution in [3.63, 3.8) is 0 Å². The van der Waals surface area contributed by atoms with Crippen molar-refractivity contribution >= 4 is 33.3 Å². The number of para-hydroxylation sites is 1. The molecule has 28 heavy (non-hydrogen) atoms. The fourth-order valence-electron chi connectivity index (χ4n) is 4.19. The van der Waals surface area contributed by atoms with E-state index >= 15 is 0 Å². The summed E-state index contributed by atoms with van der Waals surface area (Å²) in [5.74, 6) is -0.128. The van der Waals surface area contributed by atoms with Crippen molar-refractivity contribution in [1.29, 1.82) is 0 Å². The summed E-state index contributed by atoms with van der Waals surface area (Å²) < 4.78 is 12.4. The number of ether oxygens (including phenoxy) is 2. The van der Waals surface area contributed by atoms with Gasteiger partial charge in [-0.15, -0.1) is 11.3 Å². The first-order chi connectivity index (χ1) is 13.7. The van der Waals surface area contributed by atoms with Crippen LogP contribution in [0.4, 0.5) is 0 Å². The summed E-state index contributed by atoms with van der Waals surface area (Å²) in [6, 6.07) is 17.3. The lowest BCUT2D eigenvalue weighted by Gasteiger charge is -2.22. The molecule has 0 N–H and O–H groups in total. The van der Waals surface area contributed by atoms with Crippen LogP contribution in [0.1, 0.15) is 28.2 Å². The summed E-state index contributed by atoms with van der Waals surface area (Å²) in [6.07, 6.45) is -0.408. The zero-order valence-corrected chi connectivity index (χ0v) is 16.1. The quantitative estimate of drug-likeness (QED) is 0.630. The molecule has 5 rings (SSSR count). The number of amides is 1. The van der Waals surface area contributed by atoms with E-state index in [0.717, 1.165) is 21.4 Å². The third-order valence-corrected chi connectivity index (χ3v) is 6.53. The average molecular weight is 393 g/mol. The number of benzene rings is 2. The molecule has 2 aliphatic rings. The van der Waals surface area contributed by atoms with Crippen molar-refractivity contribution in [2.75, 3.05) is 13.2 Å². The molecule has 3 heterocycles. The van der Waals surface area contributed by atoms with Crippen molar-refractivity contribution in [3.05, 3.63) is 65.0 Å². The van der Waals surface area contributed by atoms with Crippen LogP contribution < -0.4 is 4.74 Å². The molecule has 6 heteroatoms. The van der Waals surface area contributed by atoms with Gasteiger partial charge >= 0.3 is 5.97 Å². The molecular weight excluding hydrogens is 374 g/mol. The van der Waals surface area contributed by atoms with Gasteiger partial charge in [-0.2, -0.15) is 0 Å². The van der Waals surface area contributed by atoms with E-state index in [9.17, 15) is 9.59 Å². The number of carbonyl (C=O) groups is 2. The third-order valence-electron chi connectivity index (χ3n) is 5.42. The molecular formula is C22H19NO4S. The second-order valence-electron chi connectivity index (χ2n) is 7.03. The number of hydrogen-bond acceptors (Lipinski definition) is 5. The first kappa shape index (κ1) is 17.3. The Balaban J connectivity index is 1.53. The Kier molecular flexibility index (Phi) is 4.09. The predicted molar refractivity (Wildman–Crippen MR) is 107 cm³/mol. The summed E-state index contributed by atoms with van der Waals surface area (Å²) in [4.78, 5) is 28.4. The molecule has 5 nitrogen and oxygen atoms in total. The van der Waals surface area contributed by atoms with Crippen LogP contribution in [0.3, 0.4) is 0 Å². The summed E-state index contributed by atoms with van der Waals surface area (Å²) in [5.41, 5.74) is 0.953. The highest BCUT2D eigenvalue weighted by atomic mass is 32.1. The van der Waals surface area contributed by atoms with Gasteiger partial charge in [-0.25, -0.2) is 0 Å². The number of carbonyl (C=O) groups excluding carboxylic acids is 2. The summed E-state index contributed by atoms with van der Waals surface area (Å²) in [7, 11) is 0. The number of fused-ring (bicyclic) bond motifs is 4. The van der Waals surface area contributed by atoms with Crippen LogP contribution in [0.2, 0.25) is 0 Å². The monoisotopic (exact) mass is 393 g/mol. The third kappa shape index (κ3) is 2.59. The van der Waals surface area contributed by atoms with Crippen molar-refractivity contribution in [2.24, 2.45) is 5.92 Å². The largest absolute Gasteiger partial charge is 0.487 e. The van der Waals surface area contributed by atoms with Crippen LogP contribution in [0.5, 0.6) is 5.75 Å². The van der Waals surface area contributed by atoms with E-state index in [4.69, 9.17) is 9.47 Å². The maximum Gasteiger partial charge on any atom is 0.314 e. The number of rotatable bonds is 3. The van der Waals surface area contributed by atoms with E-state index in [1.165, 1.54) is 11.3 Å². The number of esters is 1. The average Bonchev–Trinajstić information content (AvgIpc) is 3.39. The zero-order chi connectivity index (χ0) is 19.3. The van der Waals surface area contributed by atoms with Gasteiger partial charge in [0.25, 0.3) is 5.91 Å². The Hall–Kier alpha value is -2.86. The molecule has 2 aliphatic heterocycles. The Bertz CT molecular complexity index is 1040. The number of nitrogens with zero attached hydrogens (tertiary/aromatic N) is 1. The smallest absolute Gasteiger partial charge is 0.314 e. The van der Waals surface area contributed by atoms with E-state index in [1.807, 2.05) is 54.6 Å². The highest BCUT2D eigenvalue weighted by Crippen LogP contribution is 2.48. The van der Waals surface area contributed by atoms with E-state index in [2.05, 4.69) is 0 Å². The molecule has 0 radical (unpaired) electrons. The lowest BCUT2D eigenvalue weighted by molar-refractivity contribution is -0.149. The SMILES string of the molecule is CCOC(=O)[C@@H]1CN(C(=O)c2cc3ccccc3s2)[C@H]2c3ccccc3O[C@@H]12. The second kappa shape index (κ2) is 6.63. The van der Waals surface area contributed by atoms with Gasteiger partial charge in [0.05, 0.1) is 17.5 Å². The fourth-order valence-corrected chi connectivity index (χ4v) is 5.21. The first-order valence-corrected chi connectivity index (χ1v) is 10.2.